The Kier molecular flexibility index (Phi) is 3.89. The predicted molar refractivity (Wildman–Crippen MR) is 64.4 cm³/mol. The Morgan fingerprint density at radius 1 is 1.06 bits per heavy atom. The molecule has 0 bridgehead atoms. The standard InChI is InChI=1S/C9H10Cl4N2O/c10-6-3-1-5(2-4-6)7-14-15-8(16-7)9(11,12)13/h5-6H,1-4H2. The van der Waals surface area contributed by atoms with E-state index in [1.807, 2.05) is 0 Å². The Hall–Kier alpha value is 0.300. The summed E-state index contributed by atoms with van der Waals surface area (Å²) in [5, 5.41) is 7.91. The van der Waals surface area contributed by atoms with E-state index < -0.39 is 3.79 Å². The van der Waals surface area contributed by atoms with Gasteiger partial charge < -0.3 is 4.42 Å². The Morgan fingerprint density at radius 3 is 2.19 bits per heavy atom. The van der Waals surface area contributed by atoms with E-state index in [0.29, 0.717) is 5.89 Å². The second-order valence-electron chi connectivity index (χ2n) is 3.89. The van der Waals surface area contributed by atoms with E-state index in [9.17, 15) is 0 Å². The number of halogens is 4. The minimum absolute atomic E-state index is 0.0282. The topological polar surface area (TPSA) is 38.9 Å². The fraction of sp³-hybridized carbons (Fsp3) is 0.778. The zero-order chi connectivity index (χ0) is 11.8. The summed E-state index contributed by atoms with van der Waals surface area (Å²) in [7, 11) is 0. The summed E-state index contributed by atoms with van der Waals surface area (Å²) in [6.45, 7) is 0. The maximum Gasteiger partial charge on any atom is 0.268 e. The second kappa shape index (κ2) is 4.89. The van der Waals surface area contributed by atoms with Crippen molar-refractivity contribution in [3.05, 3.63) is 11.8 Å². The minimum Gasteiger partial charge on any atom is -0.421 e. The molecule has 0 radical (unpaired) electrons. The van der Waals surface area contributed by atoms with Crippen LogP contribution in [0.25, 0.3) is 0 Å². The number of alkyl halides is 4. The van der Waals surface area contributed by atoms with Gasteiger partial charge >= 0.3 is 0 Å². The van der Waals surface area contributed by atoms with Crippen molar-refractivity contribution in [1.29, 1.82) is 0 Å². The van der Waals surface area contributed by atoms with Crippen LogP contribution in [-0.2, 0) is 3.79 Å². The number of aromatic nitrogens is 2. The molecule has 0 unspecified atom stereocenters. The van der Waals surface area contributed by atoms with Crippen molar-refractivity contribution in [2.24, 2.45) is 0 Å². The summed E-state index contributed by atoms with van der Waals surface area (Å²) < 4.78 is 3.72. The fourth-order valence-corrected chi connectivity index (χ4v) is 2.29. The van der Waals surface area contributed by atoms with Gasteiger partial charge in [-0.1, -0.05) is 34.8 Å². The molecule has 1 fully saturated rings. The van der Waals surface area contributed by atoms with Crippen LogP contribution in [0, 0.1) is 0 Å². The quantitative estimate of drug-likeness (QED) is 0.731. The summed E-state index contributed by atoms with van der Waals surface area (Å²) >= 11 is 23.0. The van der Waals surface area contributed by atoms with Gasteiger partial charge in [0, 0.05) is 11.3 Å². The van der Waals surface area contributed by atoms with Gasteiger partial charge in [0.1, 0.15) is 0 Å². The highest BCUT2D eigenvalue weighted by Gasteiger charge is 2.32. The number of hydrogen-bond donors (Lipinski definition) is 0. The Bertz CT molecular complexity index is 355. The maximum absolute atomic E-state index is 6.02. The molecule has 16 heavy (non-hydrogen) atoms. The average molecular weight is 304 g/mol. The van der Waals surface area contributed by atoms with Gasteiger partial charge in [0.25, 0.3) is 9.68 Å². The van der Waals surface area contributed by atoms with Crippen molar-refractivity contribution in [3.63, 3.8) is 0 Å². The molecule has 90 valence electrons. The molecule has 2 rings (SSSR count). The smallest absolute Gasteiger partial charge is 0.268 e. The van der Waals surface area contributed by atoms with Crippen LogP contribution < -0.4 is 0 Å². The lowest BCUT2D eigenvalue weighted by Crippen LogP contribution is -2.13. The Balaban J connectivity index is 2.08. The van der Waals surface area contributed by atoms with Crippen LogP contribution in [0.5, 0.6) is 0 Å². The monoisotopic (exact) mass is 302 g/mol. The van der Waals surface area contributed by atoms with E-state index in [2.05, 4.69) is 10.2 Å². The van der Waals surface area contributed by atoms with Crippen molar-refractivity contribution in [2.75, 3.05) is 0 Å². The van der Waals surface area contributed by atoms with Gasteiger partial charge in [-0.05, 0) is 25.7 Å². The third kappa shape index (κ3) is 2.95. The zero-order valence-electron chi connectivity index (χ0n) is 8.30. The molecule has 0 saturated heterocycles. The molecule has 1 saturated carbocycles. The molecular weight excluding hydrogens is 294 g/mol. The molecule has 1 aliphatic rings. The van der Waals surface area contributed by atoms with Crippen LogP contribution in [0.1, 0.15) is 43.4 Å². The maximum atomic E-state index is 6.02. The predicted octanol–water partition coefficient (Wildman–Crippen LogP) is 4.16. The summed E-state index contributed by atoms with van der Waals surface area (Å²) in [4.78, 5) is 0. The minimum atomic E-state index is -1.64. The number of rotatable bonds is 1. The van der Waals surface area contributed by atoms with Crippen molar-refractivity contribution in [3.8, 4) is 0 Å². The molecule has 0 N–H and O–H groups in total. The highest BCUT2D eigenvalue weighted by molar-refractivity contribution is 6.66. The van der Waals surface area contributed by atoms with Crippen molar-refractivity contribution < 1.29 is 4.42 Å². The van der Waals surface area contributed by atoms with Crippen molar-refractivity contribution in [2.45, 2.75) is 40.8 Å². The normalized spacial score (nSPS) is 27.0. The summed E-state index contributed by atoms with van der Waals surface area (Å²) in [6.07, 6.45) is 3.79. The van der Waals surface area contributed by atoms with E-state index in [1.165, 1.54) is 0 Å². The van der Waals surface area contributed by atoms with Gasteiger partial charge in [0.15, 0.2) is 0 Å². The molecule has 0 aromatic carbocycles. The van der Waals surface area contributed by atoms with Gasteiger partial charge in [-0.2, -0.15) is 0 Å². The molecule has 0 atom stereocenters. The van der Waals surface area contributed by atoms with E-state index in [0.717, 1.165) is 25.7 Å². The summed E-state index contributed by atoms with van der Waals surface area (Å²) in [6, 6.07) is 0. The first-order chi connectivity index (χ1) is 7.47. The molecule has 1 heterocycles. The Labute approximate surface area is 113 Å². The lowest BCUT2D eigenvalue weighted by atomic mass is 9.89. The van der Waals surface area contributed by atoms with Crippen LogP contribution in [0.4, 0.5) is 0 Å². The molecule has 1 aromatic heterocycles. The fourth-order valence-electron chi connectivity index (χ4n) is 1.81. The molecular formula is C9H10Cl4N2O. The van der Waals surface area contributed by atoms with Crippen LogP contribution >= 0.6 is 46.4 Å². The molecule has 7 heteroatoms. The largest absolute Gasteiger partial charge is 0.421 e. The lowest BCUT2D eigenvalue weighted by molar-refractivity contribution is 0.355. The van der Waals surface area contributed by atoms with E-state index in [4.69, 9.17) is 50.8 Å². The van der Waals surface area contributed by atoms with Gasteiger partial charge in [-0.25, -0.2) is 0 Å². The highest BCUT2D eigenvalue weighted by atomic mass is 35.6. The van der Waals surface area contributed by atoms with E-state index in [-0.39, 0.29) is 17.2 Å². The SMILES string of the molecule is ClC1CCC(c2nnc(C(Cl)(Cl)Cl)o2)CC1. The molecule has 3 nitrogen and oxygen atoms in total. The molecule has 1 aromatic rings. The Morgan fingerprint density at radius 2 is 1.69 bits per heavy atom. The van der Waals surface area contributed by atoms with E-state index >= 15 is 0 Å². The van der Waals surface area contributed by atoms with Gasteiger partial charge in [0.05, 0.1) is 0 Å². The van der Waals surface area contributed by atoms with Crippen LogP contribution in [0.3, 0.4) is 0 Å². The summed E-state index contributed by atoms with van der Waals surface area (Å²) in [5.41, 5.74) is 0. The van der Waals surface area contributed by atoms with Gasteiger partial charge in [-0.3, -0.25) is 0 Å². The first kappa shape index (κ1) is 12.7. The number of hydrogen-bond acceptors (Lipinski definition) is 3. The second-order valence-corrected chi connectivity index (χ2v) is 6.79. The van der Waals surface area contributed by atoms with Gasteiger partial charge in [0.2, 0.25) is 5.89 Å². The van der Waals surface area contributed by atoms with E-state index in [1.54, 1.807) is 0 Å². The first-order valence-corrected chi connectivity index (χ1v) is 6.58. The lowest BCUT2D eigenvalue weighted by Gasteiger charge is -2.21. The molecule has 0 amide bonds. The van der Waals surface area contributed by atoms with Crippen LogP contribution in [-0.4, -0.2) is 15.6 Å². The number of nitrogens with zero attached hydrogens (tertiary/aromatic N) is 2. The van der Waals surface area contributed by atoms with Gasteiger partial charge in [-0.15, -0.1) is 21.8 Å². The van der Waals surface area contributed by atoms with Crippen molar-refractivity contribution in [1.82, 2.24) is 10.2 Å². The molecule has 0 spiro atoms. The molecule has 0 aliphatic heterocycles. The highest BCUT2D eigenvalue weighted by Crippen LogP contribution is 2.40. The first-order valence-electron chi connectivity index (χ1n) is 5.01. The third-order valence-corrected chi connectivity index (χ3v) is 3.61. The van der Waals surface area contributed by atoms with Crippen molar-refractivity contribution >= 4 is 46.4 Å². The van der Waals surface area contributed by atoms with Crippen LogP contribution in [0.15, 0.2) is 4.42 Å². The zero-order valence-corrected chi connectivity index (χ0v) is 11.3. The molecule has 1 aliphatic carbocycles. The van der Waals surface area contributed by atoms with Crippen LogP contribution in [0.2, 0.25) is 0 Å². The summed E-state index contributed by atoms with van der Waals surface area (Å²) in [5.74, 6) is 0.814. The average Bonchev–Trinajstić information content (AvgIpc) is 2.67. The third-order valence-electron chi connectivity index (χ3n) is 2.69.